The predicted molar refractivity (Wildman–Crippen MR) is 54.8 cm³/mol. The fourth-order valence-corrected chi connectivity index (χ4v) is 2.03. The van der Waals surface area contributed by atoms with E-state index in [-0.39, 0.29) is 5.56 Å². The molecule has 0 aliphatic heterocycles. The van der Waals surface area contributed by atoms with Crippen LogP contribution in [0.4, 0.5) is 4.39 Å². The van der Waals surface area contributed by atoms with Crippen molar-refractivity contribution in [3.8, 4) is 0 Å². The van der Waals surface area contributed by atoms with E-state index >= 15 is 0 Å². The number of amides is 1. The van der Waals surface area contributed by atoms with Crippen LogP contribution in [0.3, 0.4) is 0 Å². The molecule has 0 saturated heterocycles. The third-order valence-corrected chi connectivity index (χ3v) is 2.75. The van der Waals surface area contributed by atoms with Gasteiger partial charge in [-0.3, -0.25) is 9.35 Å². The normalized spacial score (nSPS) is 13.4. The Morgan fingerprint density at radius 3 is 2.25 bits per heavy atom. The van der Waals surface area contributed by atoms with Crippen LogP contribution >= 0.6 is 0 Å². The number of carbonyl (C=O) groups is 1. The number of primary amides is 1. The van der Waals surface area contributed by atoms with Crippen LogP contribution in [-0.4, -0.2) is 24.6 Å². The first-order valence-corrected chi connectivity index (χ1v) is 5.90. The average molecular weight is 247 g/mol. The lowest BCUT2D eigenvalue weighted by atomic mass is 10.0. The summed E-state index contributed by atoms with van der Waals surface area (Å²) in [4.78, 5) is 11.0. The monoisotopic (exact) mass is 247 g/mol. The van der Waals surface area contributed by atoms with Gasteiger partial charge in [0.25, 0.3) is 10.1 Å². The molecule has 1 unspecified atom stereocenters. The Bertz CT molecular complexity index is 483. The van der Waals surface area contributed by atoms with Gasteiger partial charge < -0.3 is 5.73 Å². The molecule has 0 fully saturated rings. The summed E-state index contributed by atoms with van der Waals surface area (Å²) in [5.41, 5.74) is 5.25. The highest BCUT2D eigenvalue weighted by Gasteiger charge is 2.23. The van der Waals surface area contributed by atoms with E-state index in [2.05, 4.69) is 0 Å². The number of hydrogen-bond acceptors (Lipinski definition) is 3. The Morgan fingerprint density at radius 1 is 1.38 bits per heavy atom. The van der Waals surface area contributed by atoms with Gasteiger partial charge in [0.15, 0.2) is 0 Å². The molecule has 5 nitrogen and oxygen atoms in total. The first-order chi connectivity index (χ1) is 7.29. The number of hydrogen-bond donors (Lipinski definition) is 2. The van der Waals surface area contributed by atoms with Crippen molar-refractivity contribution in [1.82, 2.24) is 0 Å². The molecule has 1 aromatic rings. The van der Waals surface area contributed by atoms with E-state index in [0.29, 0.717) is 0 Å². The molecule has 0 saturated carbocycles. The summed E-state index contributed by atoms with van der Waals surface area (Å²) in [5.74, 6) is -3.41. The van der Waals surface area contributed by atoms with E-state index < -0.39 is 33.5 Å². The van der Waals surface area contributed by atoms with Gasteiger partial charge in [0.1, 0.15) is 5.82 Å². The van der Waals surface area contributed by atoms with Crippen LogP contribution in [-0.2, 0) is 14.9 Å². The van der Waals surface area contributed by atoms with Crippen LogP contribution in [0.2, 0.25) is 0 Å². The standard InChI is InChI=1S/C9H10FNO4S/c10-7-3-1-6(2-4-7)8(9(11)12)5-16(13,14)15/h1-4,8H,5H2,(H2,11,12)(H,13,14,15). The molecule has 0 bridgehead atoms. The maximum absolute atomic E-state index is 12.6. The van der Waals surface area contributed by atoms with Crippen LogP contribution in [0.1, 0.15) is 11.5 Å². The third-order valence-electron chi connectivity index (χ3n) is 1.99. The molecular formula is C9H10FNO4S. The van der Waals surface area contributed by atoms with Crippen LogP contribution in [0.15, 0.2) is 24.3 Å². The van der Waals surface area contributed by atoms with Gasteiger partial charge in [-0.15, -0.1) is 0 Å². The molecule has 1 atom stereocenters. The molecule has 1 aromatic carbocycles. The van der Waals surface area contributed by atoms with Gasteiger partial charge in [0.2, 0.25) is 5.91 Å². The van der Waals surface area contributed by atoms with Crippen LogP contribution in [0.25, 0.3) is 0 Å². The summed E-state index contributed by atoms with van der Waals surface area (Å²) in [7, 11) is -4.32. The van der Waals surface area contributed by atoms with Gasteiger partial charge in [-0.2, -0.15) is 8.42 Å². The molecule has 0 aliphatic rings. The van der Waals surface area contributed by atoms with Gasteiger partial charge in [-0.25, -0.2) is 4.39 Å². The number of carbonyl (C=O) groups excluding carboxylic acids is 1. The molecule has 0 spiro atoms. The first kappa shape index (κ1) is 12.6. The van der Waals surface area contributed by atoms with Crippen LogP contribution in [0, 0.1) is 5.82 Å². The molecule has 0 aromatic heterocycles. The maximum atomic E-state index is 12.6. The second-order valence-corrected chi connectivity index (χ2v) is 4.75. The summed E-state index contributed by atoms with van der Waals surface area (Å²) in [6.07, 6.45) is 0. The van der Waals surface area contributed by atoms with Crippen molar-refractivity contribution in [2.24, 2.45) is 5.73 Å². The maximum Gasteiger partial charge on any atom is 0.265 e. The minimum atomic E-state index is -4.32. The first-order valence-electron chi connectivity index (χ1n) is 4.29. The quantitative estimate of drug-likeness (QED) is 0.747. The van der Waals surface area contributed by atoms with Crippen LogP contribution < -0.4 is 5.73 Å². The van der Waals surface area contributed by atoms with Crippen LogP contribution in [0.5, 0.6) is 0 Å². The molecule has 88 valence electrons. The average Bonchev–Trinajstić information content (AvgIpc) is 2.14. The van der Waals surface area contributed by atoms with Crippen molar-refractivity contribution < 1.29 is 22.2 Å². The topological polar surface area (TPSA) is 97.5 Å². The predicted octanol–water partition coefficient (Wildman–Crippen LogP) is 0.282. The fraction of sp³-hybridized carbons (Fsp3) is 0.222. The Balaban J connectivity index is 3.03. The summed E-state index contributed by atoms with van der Waals surface area (Å²) in [6, 6.07) is 4.65. The lowest BCUT2D eigenvalue weighted by Gasteiger charge is -2.11. The SMILES string of the molecule is NC(=O)C(CS(=O)(=O)O)c1ccc(F)cc1. The molecule has 7 heteroatoms. The summed E-state index contributed by atoms with van der Waals surface area (Å²) in [5, 5.41) is 0. The van der Waals surface area contributed by atoms with Crippen molar-refractivity contribution in [3.63, 3.8) is 0 Å². The van der Waals surface area contributed by atoms with Gasteiger partial charge in [0.05, 0.1) is 11.7 Å². The Kier molecular flexibility index (Phi) is 3.61. The highest BCUT2D eigenvalue weighted by Crippen LogP contribution is 2.17. The second kappa shape index (κ2) is 4.58. The summed E-state index contributed by atoms with van der Waals surface area (Å²) in [6.45, 7) is 0. The molecule has 0 heterocycles. The largest absolute Gasteiger partial charge is 0.369 e. The van der Waals surface area contributed by atoms with Crippen molar-refractivity contribution >= 4 is 16.0 Å². The molecule has 16 heavy (non-hydrogen) atoms. The molecule has 0 radical (unpaired) electrons. The zero-order chi connectivity index (χ0) is 12.3. The van der Waals surface area contributed by atoms with Crippen molar-refractivity contribution in [3.05, 3.63) is 35.6 Å². The van der Waals surface area contributed by atoms with Crippen molar-refractivity contribution in [1.29, 1.82) is 0 Å². The van der Waals surface area contributed by atoms with Gasteiger partial charge in [-0.1, -0.05) is 12.1 Å². The smallest absolute Gasteiger partial charge is 0.265 e. The molecule has 1 rings (SSSR count). The van der Waals surface area contributed by atoms with Gasteiger partial charge in [0, 0.05) is 0 Å². The van der Waals surface area contributed by atoms with E-state index in [4.69, 9.17) is 10.3 Å². The zero-order valence-electron chi connectivity index (χ0n) is 8.13. The molecular weight excluding hydrogens is 237 g/mol. The lowest BCUT2D eigenvalue weighted by molar-refractivity contribution is -0.119. The number of halogens is 1. The van der Waals surface area contributed by atoms with Crippen molar-refractivity contribution in [2.75, 3.05) is 5.75 Å². The van der Waals surface area contributed by atoms with E-state index in [1.165, 1.54) is 12.1 Å². The highest BCUT2D eigenvalue weighted by molar-refractivity contribution is 7.85. The number of nitrogens with two attached hydrogens (primary N) is 1. The number of benzene rings is 1. The third kappa shape index (κ3) is 3.59. The van der Waals surface area contributed by atoms with Crippen molar-refractivity contribution in [2.45, 2.75) is 5.92 Å². The molecule has 0 aliphatic carbocycles. The Hall–Kier alpha value is -1.47. The Labute approximate surface area is 91.8 Å². The molecule has 3 N–H and O–H groups in total. The minimum Gasteiger partial charge on any atom is -0.369 e. The summed E-state index contributed by atoms with van der Waals surface area (Å²) < 4.78 is 42.6. The number of rotatable bonds is 4. The Morgan fingerprint density at radius 2 is 1.88 bits per heavy atom. The second-order valence-electron chi connectivity index (χ2n) is 3.26. The van der Waals surface area contributed by atoms with E-state index in [1.807, 2.05) is 0 Å². The van der Waals surface area contributed by atoms with Gasteiger partial charge in [-0.05, 0) is 17.7 Å². The molecule has 1 amide bonds. The zero-order valence-corrected chi connectivity index (χ0v) is 8.95. The van der Waals surface area contributed by atoms with E-state index in [9.17, 15) is 17.6 Å². The highest BCUT2D eigenvalue weighted by atomic mass is 32.2. The van der Waals surface area contributed by atoms with Gasteiger partial charge >= 0.3 is 0 Å². The lowest BCUT2D eigenvalue weighted by Crippen LogP contribution is -2.27. The van der Waals surface area contributed by atoms with E-state index in [0.717, 1.165) is 12.1 Å². The minimum absolute atomic E-state index is 0.242. The summed E-state index contributed by atoms with van der Waals surface area (Å²) >= 11 is 0. The fourth-order valence-electron chi connectivity index (χ4n) is 1.25. The van der Waals surface area contributed by atoms with E-state index in [1.54, 1.807) is 0 Å².